The molecule has 6 nitrogen and oxygen atoms in total. The Labute approximate surface area is 133 Å². The lowest BCUT2D eigenvalue weighted by atomic mass is 10.2. The number of nitrogens with zero attached hydrogens (tertiary/aromatic N) is 3. The molecule has 126 valence electrons. The van der Waals surface area contributed by atoms with Crippen molar-refractivity contribution < 1.29 is 13.2 Å². The maximum absolute atomic E-state index is 13.0. The fourth-order valence-corrected chi connectivity index (χ4v) is 4.91. The van der Waals surface area contributed by atoms with Crippen molar-refractivity contribution in [3.63, 3.8) is 0 Å². The van der Waals surface area contributed by atoms with Gasteiger partial charge in [-0.25, -0.2) is 8.42 Å². The number of aromatic nitrogens is 2. The highest BCUT2D eigenvalue weighted by Gasteiger charge is 2.32. The minimum Gasteiger partial charge on any atom is -0.377 e. The summed E-state index contributed by atoms with van der Waals surface area (Å²) in [5.41, 5.74) is 1.27. The van der Waals surface area contributed by atoms with Crippen LogP contribution in [0.5, 0.6) is 0 Å². The summed E-state index contributed by atoms with van der Waals surface area (Å²) >= 11 is 0. The van der Waals surface area contributed by atoms with Crippen LogP contribution in [-0.4, -0.2) is 48.3 Å². The Kier molecular flexibility index (Phi) is 5.29. The van der Waals surface area contributed by atoms with Gasteiger partial charge in [0.2, 0.25) is 10.0 Å². The molecule has 0 aromatic carbocycles. The topological polar surface area (TPSA) is 64.4 Å². The number of hydrogen-bond acceptors (Lipinski definition) is 4. The molecular weight excluding hydrogens is 302 g/mol. The lowest BCUT2D eigenvalue weighted by Gasteiger charge is -2.23. The summed E-state index contributed by atoms with van der Waals surface area (Å²) < 4.78 is 35.0. The summed E-state index contributed by atoms with van der Waals surface area (Å²) in [6.07, 6.45) is 1.94. The third-order valence-electron chi connectivity index (χ3n) is 4.13. The molecule has 1 aliphatic rings. The van der Waals surface area contributed by atoms with Gasteiger partial charge in [0.1, 0.15) is 4.90 Å². The van der Waals surface area contributed by atoms with Crippen LogP contribution in [0, 0.1) is 13.8 Å². The van der Waals surface area contributed by atoms with Crippen LogP contribution in [0.2, 0.25) is 0 Å². The average molecular weight is 329 g/mol. The van der Waals surface area contributed by atoms with Crippen molar-refractivity contribution in [2.24, 2.45) is 0 Å². The lowest BCUT2D eigenvalue weighted by molar-refractivity contribution is 0.0946. The zero-order chi connectivity index (χ0) is 16.5. The Bertz CT molecular complexity index is 616. The van der Waals surface area contributed by atoms with Crippen LogP contribution in [0.3, 0.4) is 0 Å². The smallest absolute Gasteiger partial charge is 0.246 e. The second-order valence-electron chi connectivity index (χ2n) is 6.13. The first kappa shape index (κ1) is 17.4. The van der Waals surface area contributed by atoms with E-state index in [4.69, 9.17) is 4.74 Å². The van der Waals surface area contributed by atoms with Crippen LogP contribution in [0.25, 0.3) is 0 Å². The number of hydrogen-bond donors (Lipinski definition) is 0. The Hall–Kier alpha value is -0.920. The summed E-state index contributed by atoms with van der Waals surface area (Å²) in [6, 6.07) is 0.135. The van der Waals surface area contributed by atoms with Crippen molar-refractivity contribution in [3.8, 4) is 0 Å². The van der Waals surface area contributed by atoms with Gasteiger partial charge in [0.05, 0.1) is 17.5 Å². The second-order valence-corrected chi connectivity index (χ2v) is 8.00. The summed E-state index contributed by atoms with van der Waals surface area (Å²) in [4.78, 5) is 0.348. The van der Waals surface area contributed by atoms with Crippen LogP contribution >= 0.6 is 0 Å². The number of aryl methyl sites for hydroxylation is 1. The van der Waals surface area contributed by atoms with Gasteiger partial charge < -0.3 is 4.74 Å². The van der Waals surface area contributed by atoms with E-state index in [0.717, 1.165) is 19.4 Å². The van der Waals surface area contributed by atoms with Gasteiger partial charge >= 0.3 is 0 Å². The second kappa shape index (κ2) is 6.68. The third-order valence-corrected chi connectivity index (χ3v) is 6.32. The van der Waals surface area contributed by atoms with Gasteiger partial charge in [0, 0.05) is 25.7 Å². The Morgan fingerprint density at radius 2 is 2.09 bits per heavy atom. The molecule has 1 atom stereocenters. The molecule has 7 heteroatoms. The molecule has 0 aliphatic carbocycles. The molecule has 0 bridgehead atoms. The first-order chi connectivity index (χ1) is 10.3. The molecule has 0 N–H and O–H groups in total. The van der Waals surface area contributed by atoms with E-state index in [1.165, 1.54) is 4.31 Å². The van der Waals surface area contributed by atoms with Crippen molar-refractivity contribution in [3.05, 3.63) is 11.4 Å². The molecule has 0 amide bonds. The van der Waals surface area contributed by atoms with Gasteiger partial charge in [-0.1, -0.05) is 6.92 Å². The minimum atomic E-state index is -3.54. The van der Waals surface area contributed by atoms with Crippen LogP contribution in [0.1, 0.15) is 51.0 Å². The van der Waals surface area contributed by atoms with Crippen LogP contribution in [0.15, 0.2) is 4.90 Å². The molecule has 1 saturated heterocycles. The molecule has 0 saturated carbocycles. The SMILES string of the molecule is CCN(C[C@@H]1CCCO1)S(=O)(=O)c1c(C)nn(C(C)C)c1C. The normalized spacial score (nSPS) is 19.5. The first-order valence-corrected chi connectivity index (χ1v) is 9.40. The fraction of sp³-hybridized carbons (Fsp3) is 0.800. The zero-order valence-electron chi connectivity index (χ0n) is 14.2. The summed E-state index contributed by atoms with van der Waals surface area (Å²) in [5, 5.41) is 4.40. The standard InChI is InChI=1S/C15H27N3O3S/c1-6-17(10-14-8-7-9-21-14)22(19,20)15-12(4)16-18(11(2)3)13(15)5/h11,14H,6-10H2,1-5H3/t14-/m0/s1. The summed E-state index contributed by atoms with van der Waals surface area (Å²) in [5.74, 6) is 0. The molecule has 0 unspecified atom stereocenters. The van der Waals surface area contributed by atoms with E-state index in [1.807, 2.05) is 27.7 Å². The summed E-state index contributed by atoms with van der Waals surface area (Å²) in [6.45, 7) is 11.0. The van der Waals surface area contributed by atoms with Gasteiger partial charge in [-0.05, 0) is 40.5 Å². The van der Waals surface area contributed by atoms with Gasteiger partial charge in [0.15, 0.2) is 0 Å². The van der Waals surface area contributed by atoms with E-state index in [0.29, 0.717) is 29.4 Å². The van der Waals surface area contributed by atoms with E-state index in [1.54, 1.807) is 11.6 Å². The molecule has 1 aliphatic heterocycles. The van der Waals surface area contributed by atoms with Gasteiger partial charge in [0.25, 0.3) is 0 Å². The van der Waals surface area contributed by atoms with Crippen molar-refractivity contribution in [2.75, 3.05) is 19.7 Å². The number of rotatable bonds is 6. The average Bonchev–Trinajstić information content (AvgIpc) is 3.03. The first-order valence-electron chi connectivity index (χ1n) is 7.96. The molecule has 0 radical (unpaired) electrons. The maximum atomic E-state index is 13.0. The Morgan fingerprint density at radius 3 is 2.55 bits per heavy atom. The quantitative estimate of drug-likeness (QED) is 0.803. The zero-order valence-corrected chi connectivity index (χ0v) is 15.0. The van der Waals surface area contributed by atoms with Crippen molar-refractivity contribution in [1.82, 2.24) is 14.1 Å². The molecule has 2 heterocycles. The molecule has 1 aromatic rings. The van der Waals surface area contributed by atoms with Crippen LogP contribution in [-0.2, 0) is 14.8 Å². The van der Waals surface area contributed by atoms with Crippen LogP contribution < -0.4 is 0 Å². The van der Waals surface area contributed by atoms with E-state index < -0.39 is 10.0 Å². The van der Waals surface area contributed by atoms with E-state index in [9.17, 15) is 8.42 Å². The number of sulfonamides is 1. The van der Waals surface area contributed by atoms with E-state index in [2.05, 4.69) is 5.10 Å². The number of likely N-dealkylation sites (N-methyl/N-ethyl adjacent to an activating group) is 1. The molecule has 2 rings (SSSR count). The Morgan fingerprint density at radius 1 is 1.41 bits per heavy atom. The Balaban J connectivity index is 2.35. The van der Waals surface area contributed by atoms with Gasteiger partial charge in [-0.2, -0.15) is 9.40 Å². The molecule has 1 fully saturated rings. The monoisotopic (exact) mass is 329 g/mol. The molecule has 22 heavy (non-hydrogen) atoms. The molecular formula is C15H27N3O3S. The maximum Gasteiger partial charge on any atom is 0.246 e. The van der Waals surface area contributed by atoms with E-state index in [-0.39, 0.29) is 12.1 Å². The van der Waals surface area contributed by atoms with Crippen molar-refractivity contribution in [1.29, 1.82) is 0 Å². The third kappa shape index (κ3) is 3.21. The van der Waals surface area contributed by atoms with Gasteiger partial charge in [-0.3, -0.25) is 4.68 Å². The highest BCUT2D eigenvalue weighted by Crippen LogP contribution is 2.26. The predicted molar refractivity (Wildman–Crippen MR) is 85.5 cm³/mol. The summed E-state index contributed by atoms with van der Waals surface area (Å²) in [7, 11) is -3.54. The molecule has 0 spiro atoms. The fourth-order valence-electron chi connectivity index (χ4n) is 3.07. The van der Waals surface area contributed by atoms with E-state index >= 15 is 0 Å². The van der Waals surface area contributed by atoms with Crippen molar-refractivity contribution >= 4 is 10.0 Å². The predicted octanol–water partition coefficient (Wildman–Crippen LogP) is 2.27. The number of ether oxygens (including phenoxy) is 1. The van der Waals surface area contributed by atoms with Gasteiger partial charge in [-0.15, -0.1) is 0 Å². The highest BCUT2D eigenvalue weighted by atomic mass is 32.2. The minimum absolute atomic E-state index is 0.00970. The molecule has 1 aromatic heterocycles. The van der Waals surface area contributed by atoms with Crippen LogP contribution in [0.4, 0.5) is 0 Å². The highest BCUT2D eigenvalue weighted by molar-refractivity contribution is 7.89. The lowest BCUT2D eigenvalue weighted by Crippen LogP contribution is -2.37. The largest absolute Gasteiger partial charge is 0.377 e. The van der Waals surface area contributed by atoms with Crippen molar-refractivity contribution in [2.45, 2.75) is 64.5 Å².